The number of carbonyl (C=O) groups excluding carboxylic acids is 1. The normalized spacial score (nSPS) is 22.3. The molecule has 2 aliphatic rings. The summed E-state index contributed by atoms with van der Waals surface area (Å²) in [7, 11) is 1.62. The second kappa shape index (κ2) is 8.93. The minimum Gasteiger partial charge on any atom is -0.496 e. The maximum atomic E-state index is 12.7. The van der Waals surface area contributed by atoms with Crippen LogP contribution in [0.2, 0.25) is 5.02 Å². The molecule has 0 aromatic heterocycles. The van der Waals surface area contributed by atoms with Gasteiger partial charge in [0.25, 0.3) is 0 Å². The van der Waals surface area contributed by atoms with E-state index in [1.165, 1.54) is 0 Å². The second-order valence-corrected chi connectivity index (χ2v) is 7.43. The van der Waals surface area contributed by atoms with Gasteiger partial charge in [-0.1, -0.05) is 11.6 Å². The standard InChI is InChI=1S/C19H28ClN3O3/c1-14-13-22(17-5-9-26-10-6-17)7-8-23(14)19(24)21-12-15-11-16(20)3-4-18(15)25-2/h3-4,11,14,17H,5-10,12-13H2,1-2H3,(H,21,24)/t14-/m0/s1. The summed E-state index contributed by atoms with van der Waals surface area (Å²) in [6.07, 6.45) is 2.18. The van der Waals surface area contributed by atoms with Crippen molar-refractivity contribution in [2.45, 2.75) is 38.4 Å². The molecule has 0 aliphatic carbocycles. The molecule has 1 N–H and O–H groups in total. The molecule has 0 spiro atoms. The number of amides is 2. The molecule has 7 heteroatoms. The van der Waals surface area contributed by atoms with Crippen LogP contribution in [0.4, 0.5) is 4.79 Å². The van der Waals surface area contributed by atoms with Crippen molar-refractivity contribution in [3.63, 3.8) is 0 Å². The van der Waals surface area contributed by atoms with E-state index in [4.69, 9.17) is 21.1 Å². The van der Waals surface area contributed by atoms with E-state index in [1.54, 1.807) is 13.2 Å². The van der Waals surface area contributed by atoms with Crippen molar-refractivity contribution in [1.82, 2.24) is 15.1 Å². The van der Waals surface area contributed by atoms with Crippen molar-refractivity contribution in [3.05, 3.63) is 28.8 Å². The van der Waals surface area contributed by atoms with Crippen LogP contribution < -0.4 is 10.1 Å². The number of halogens is 1. The van der Waals surface area contributed by atoms with Crippen molar-refractivity contribution in [1.29, 1.82) is 0 Å². The molecule has 2 amide bonds. The first-order chi connectivity index (χ1) is 12.6. The average Bonchev–Trinajstić information content (AvgIpc) is 2.67. The molecule has 1 aromatic carbocycles. The van der Waals surface area contributed by atoms with Crippen LogP contribution in [-0.2, 0) is 11.3 Å². The Hall–Kier alpha value is -1.50. The molecule has 2 saturated heterocycles. The van der Waals surface area contributed by atoms with Gasteiger partial charge in [-0.05, 0) is 38.0 Å². The van der Waals surface area contributed by atoms with Gasteiger partial charge in [0, 0.05) is 62.1 Å². The zero-order chi connectivity index (χ0) is 18.5. The molecule has 2 heterocycles. The Morgan fingerprint density at radius 2 is 2.12 bits per heavy atom. The third-order valence-corrected chi connectivity index (χ3v) is 5.53. The predicted octanol–water partition coefficient (Wildman–Crippen LogP) is 2.74. The van der Waals surface area contributed by atoms with Crippen LogP contribution in [0.25, 0.3) is 0 Å². The lowest BCUT2D eigenvalue weighted by atomic mass is 10.0. The van der Waals surface area contributed by atoms with Gasteiger partial charge in [0.1, 0.15) is 5.75 Å². The highest BCUT2D eigenvalue weighted by Gasteiger charge is 2.31. The fourth-order valence-electron chi connectivity index (χ4n) is 3.83. The number of nitrogens with one attached hydrogen (secondary N) is 1. The van der Waals surface area contributed by atoms with Gasteiger partial charge >= 0.3 is 6.03 Å². The largest absolute Gasteiger partial charge is 0.496 e. The van der Waals surface area contributed by atoms with Crippen LogP contribution >= 0.6 is 11.6 Å². The maximum absolute atomic E-state index is 12.7. The Balaban J connectivity index is 1.53. The number of rotatable bonds is 4. The molecule has 26 heavy (non-hydrogen) atoms. The summed E-state index contributed by atoms with van der Waals surface area (Å²) >= 11 is 6.06. The van der Waals surface area contributed by atoms with Gasteiger partial charge in [0.05, 0.1) is 7.11 Å². The number of hydrogen-bond donors (Lipinski definition) is 1. The fourth-order valence-corrected chi connectivity index (χ4v) is 4.02. The van der Waals surface area contributed by atoms with E-state index < -0.39 is 0 Å². The third-order valence-electron chi connectivity index (χ3n) is 5.30. The highest BCUT2D eigenvalue weighted by molar-refractivity contribution is 6.30. The topological polar surface area (TPSA) is 54.0 Å². The van der Waals surface area contributed by atoms with E-state index in [1.807, 2.05) is 17.0 Å². The highest BCUT2D eigenvalue weighted by Crippen LogP contribution is 2.23. The summed E-state index contributed by atoms with van der Waals surface area (Å²) in [5, 5.41) is 3.64. The van der Waals surface area contributed by atoms with Crippen LogP contribution in [0.5, 0.6) is 5.75 Å². The lowest BCUT2D eigenvalue weighted by Gasteiger charge is -2.44. The number of ether oxygens (including phenoxy) is 2. The van der Waals surface area contributed by atoms with Crippen molar-refractivity contribution < 1.29 is 14.3 Å². The molecule has 0 unspecified atom stereocenters. The number of hydrogen-bond acceptors (Lipinski definition) is 4. The summed E-state index contributed by atoms with van der Waals surface area (Å²) in [6, 6.07) is 6.17. The molecule has 1 atom stereocenters. The van der Waals surface area contributed by atoms with Gasteiger partial charge in [-0.3, -0.25) is 4.90 Å². The summed E-state index contributed by atoms with van der Waals surface area (Å²) < 4.78 is 10.8. The predicted molar refractivity (Wildman–Crippen MR) is 102 cm³/mol. The number of methoxy groups -OCH3 is 1. The van der Waals surface area contributed by atoms with Crippen molar-refractivity contribution in [2.75, 3.05) is 40.0 Å². The lowest BCUT2D eigenvalue weighted by Crippen LogP contribution is -2.58. The van der Waals surface area contributed by atoms with Crippen molar-refractivity contribution in [3.8, 4) is 5.75 Å². The van der Waals surface area contributed by atoms with Gasteiger partial charge < -0.3 is 19.7 Å². The van der Waals surface area contributed by atoms with Crippen molar-refractivity contribution in [2.24, 2.45) is 0 Å². The molecular weight excluding hydrogens is 354 g/mol. The van der Waals surface area contributed by atoms with Gasteiger partial charge in [-0.2, -0.15) is 0 Å². The fraction of sp³-hybridized carbons (Fsp3) is 0.632. The molecular formula is C19H28ClN3O3. The molecule has 6 nitrogen and oxygen atoms in total. The third kappa shape index (κ3) is 4.61. The summed E-state index contributed by atoms with van der Waals surface area (Å²) in [4.78, 5) is 17.1. The highest BCUT2D eigenvalue weighted by atomic mass is 35.5. The Labute approximate surface area is 160 Å². The minimum absolute atomic E-state index is 0.0360. The van der Waals surface area contributed by atoms with E-state index in [0.717, 1.165) is 57.0 Å². The second-order valence-electron chi connectivity index (χ2n) is 7.00. The van der Waals surface area contributed by atoms with Crippen LogP contribution in [0.3, 0.4) is 0 Å². The first-order valence-electron chi connectivity index (χ1n) is 9.27. The zero-order valence-corrected chi connectivity index (χ0v) is 16.3. The van der Waals surface area contributed by atoms with Gasteiger partial charge in [-0.25, -0.2) is 4.79 Å². The Bertz CT molecular complexity index is 622. The van der Waals surface area contributed by atoms with Crippen LogP contribution in [0.15, 0.2) is 18.2 Å². The molecule has 0 bridgehead atoms. The number of benzene rings is 1. The van der Waals surface area contributed by atoms with E-state index >= 15 is 0 Å². The van der Waals surface area contributed by atoms with E-state index in [-0.39, 0.29) is 12.1 Å². The van der Waals surface area contributed by atoms with Crippen LogP contribution in [-0.4, -0.2) is 67.9 Å². The maximum Gasteiger partial charge on any atom is 0.317 e. The molecule has 144 valence electrons. The number of urea groups is 1. The molecule has 3 rings (SSSR count). The Kier molecular flexibility index (Phi) is 6.62. The number of carbonyl (C=O) groups is 1. The summed E-state index contributed by atoms with van der Waals surface area (Å²) in [6.45, 7) is 6.79. The molecule has 0 radical (unpaired) electrons. The molecule has 2 fully saturated rings. The average molecular weight is 382 g/mol. The SMILES string of the molecule is COc1ccc(Cl)cc1CNC(=O)N1CCN(C2CCOCC2)C[C@@H]1C. The van der Waals surface area contributed by atoms with E-state index in [9.17, 15) is 4.79 Å². The Morgan fingerprint density at radius 3 is 2.81 bits per heavy atom. The minimum atomic E-state index is -0.0360. The quantitative estimate of drug-likeness (QED) is 0.871. The zero-order valence-electron chi connectivity index (χ0n) is 15.5. The van der Waals surface area contributed by atoms with Gasteiger partial charge in [0.15, 0.2) is 0 Å². The van der Waals surface area contributed by atoms with Crippen LogP contribution in [0.1, 0.15) is 25.3 Å². The molecule has 2 aliphatic heterocycles. The first kappa shape index (κ1) is 19.3. The Morgan fingerprint density at radius 1 is 1.35 bits per heavy atom. The van der Waals surface area contributed by atoms with Crippen LogP contribution in [0, 0.1) is 0 Å². The first-order valence-corrected chi connectivity index (χ1v) is 9.65. The summed E-state index contributed by atoms with van der Waals surface area (Å²) in [5.74, 6) is 0.729. The van der Waals surface area contributed by atoms with Crippen molar-refractivity contribution >= 4 is 17.6 Å². The summed E-state index contributed by atoms with van der Waals surface area (Å²) in [5.41, 5.74) is 0.877. The monoisotopic (exact) mass is 381 g/mol. The number of piperazine rings is 1. The van der Waals surface area contributed by atoms with E-state index in [2.05, 4.69) is 17.1 Å². The lowest BCUT2D eigenvalue weighted by molar-refractivity contribution is 0.00699. The van der Waals surface area contributed by atoms with Gasteiger partial charge in [-0.15, -0.1) is 0 Å². The molecule has 1 aromatic rings. The van der Waals surface area contributed by atoms with Gasteiger partial charge in [0.2, 0.25) is 0 Å². The smallest absolute Gasteiger partial charge is 0.317 e. The molecule has 0 saturated carbocycles. The van der Waals surface area contributed by atoms with E-state index in [0.29, 0.717) is 17.6 Å². The number of nitrogens with zero attached hydrogens (tertiary/aromatic N) is 2.